The van der Waals surface area contributed by atoms with Crippen LogP contribution in [0.4, 0.5) is 4.39 Å². The van der Waals surface area contributed by atoms with Gasteiger partial charge in [-0.15, -0.1) is 0 Å². The Bertz CT molecular complexity index is 964. The van der Waals surface area contributed by atoms with Crippen molar-refractivity contribution in [2.75, 3.05) is 18.1 Å². The summed E-state index contributed by atoms with van der Waals surface area (Å²) >= 11 is 0. The van der Waals surface area contributed by atoms with E-state index < -0.39 is 15.7 Å². The van der Waals surface area contributed by atoms with E-state index in [0.717, 1.165) is 0 Å². The topological polar surface area (TPSA) is 76.5 Å². The quantitative estimate of drug-likeness (QED) is 0.833. The molecule has 1 aliphatic rings. The highest BCUT2D eigenvalue weighted by Gasteiger charge is 2.35. The molecule has 1 amide bonds. The van der Waals surface area contributed by atoms with Gasteiger partial charge in [-0.05, 0) is 31.5 Å². The molecule has 0 radical (unpaired) electrons. The number of carbonyl (C=O) groups is 2. The molecular weight excluding hydrogens is 347 g/mol. The summed E-state index contributed by atoms with van der Waals surface area (Å²) in [4.78, 5) is 26.4. The SMILES string of the molecule is CCN(C(=O)c1cn(C(C)=O)c2cc(F)ccc12)C1CCS(=O)(=O)C1. The van der Waals surface area contributed by atoms with E-state index in [9.17, 15) is 22.4 Å². The molecule has 1 saturated heterocycles. The van der Waals surface area contributed by atoms with Crippen LogP contribution in [0.15, 0.2) is 24.4 Å². The third-order valence-electron chi connectivity index (χ3n) is 4.59. The maximum atomic E-state index is 13.6. The number of fused-ring (bicyclic) bond motifs is 1. The number of nitrogens with zero attached hydrogens (tertiary/aromatic N) is 2. The molecule has 1 aromatic carbocycles. The molecule has 2 aromatic rings. The van der Waals surface area contributed by atoms with Gasteiger partial charge in [0.15, 0.2) is 9.84 Å². The van der Waals surface area contributed by atoms with E-state index in [0.29, 0.717) is 23.9 Å². The number of carbonyl (C=O) groups excluding carboxylic acids is 2. The lowest BCUT2D eigenvalue weighted by atomic mass is 10.1. The van der Waals surface area contributed by atoms with Crippen molar-refractivity contribution in [1.82, 2.24) is 9.47 Å². The summed E-state index contributed by atoms with van der Waals surface area (Å²) in [5.41, 5.74) is 0.599. The lowest BCUT2D eigenvalue weighted by molar-refractivity contribution is 0.0710. The van der Waals surface area contributed by atoms with Gasteiger partial charge in [-0.25, -0.2) is 12.8 Å². The first-order valence-electron chi connectivity index (χ1n) is 8.06. The first-order valence-corrected chi connectivity index (χ1v) is 9.88. The Kier molecular flexibility index (Phi) is 4.40. The molecule has 0 bridgehead atoms. The molecule has 134 valence electrons. The Balaban J connectivity index is 2.06. The van der Waals surface area contributed by atoms with Crippen LogP contribution in [0.25, 0.3) is 10.9 Å². The number of rotatable bonds is 3. The molecule has 0 spiro atoms. The Morgan fingerprint density at radius 1 is 1.36 bits per heavy atom. The summed E-state index contributed by atoms with van der Waals surface area (Å²) in [5.74, 6) is -1.15. The van der Waals surface area contributed by atoms with E-state index in [-0.39, 0.29) is 34.9 Å². The fourth-order valence-corrected chi connectivity index (χ4v) is 5.11. The fraction of sp³-hybridized carbons (Fsp3) is 0.412. The first-order chi connectivity index (χ1) is 11.7. The second-order valence-corrected chi connectivity index (χ2v) is 8.47. The van der Waals surface area contributed by atoms with Crippen molar-refractivity contribution >= 4 is 32.6 Å². The molecule has 0 aliphatic carbocycles. The van der Waals surface area contributed by atoms with Crippen molar-refractivity contribution in [3.8, 4) is 0 Å². The summed E-state index contributed by atoms with van der Waals surface area (Å²) in [6.45, 7) is 3.47. The van der Waals surface area contributed by atoms with Crippen molar-refractivity contribution in [1.29, 1.82) is 0 Å². The third kappa shape index (κ3) is 3.18. The van der Waals surface area contributed by atoms with Crippen molar-refractivity contribution in [2.45, 2.75) is 26.3 Å². The molecule has 1 unspecified atom stereocenters. The van der Waals surface area contributed by atoms with Crippen molar-refractivity contribution in [2.24, 2.45) is 0 Å². The van der Waals surface area contributed by atoms with Crippen LogP contribution < -0.4 is 0 Å². The lowest BCUT2D eigenvalue weighted by Crippen LogP contribution is -2.40. The normalized spacial score (nSPS) is 19.2. The van der Waals surface area contributed by atoms with Gasteiger partial charge in [0.1, 0.15) is 5.82 Å². The number of sulfone groups is 1. The van der Waals surface area contributed by atoms with Gasteiger partial charge in [0, 0.05) is 31.1 Å². The monoisotopic (exact) mass is 366 g/mol. The molecule has 1 aliphatic heterocycles. The highest BCUT2D eigenvalue weighted by atomic mass is 32.2. The lowest BCUT2D eigenvalue weighted by Gasteiger charge is -2.26. The molecule has 1 atom stereocenters. The maximum Gasteiger partial charge on any atom is 0.256 e. The van der Waals surface area contributed by atoms with E-state index in [1.807, 2.05) is 0 Å². The molecule has 3 rings (SSSR count). The van der Waals surface area contributed by atoms with Crippen LogP contribution >= 0.6 is 0 Å². The minimum atomic E-state index is -3.13. The zero-order chi connectivity index (χ0) is 18.4. The average molecular weight is 366 g/mol. The van der Waals surface area contributed by atoms with Gasteiger partial charge in [0.25, 0.3) is 5.91 Å². The minimum Gasteiger partial charge on any atom is -0.335 e. The van der Waals surface area contributed by atoms with Gasteiger partial charge in [-0.1, -0.05) is 0 Å². The largest absolute Gasteiger partial charge is 0.335 e. The first kappa shape index (κ1) is 17.6. The maximum absolute atomic E-state index is 13.6. The van der Waals surface area contributed by atoms with Gasteiger partial charge < -0.3 is 4.90 Å². The molecule has 0 N–H and O–H groups in total. The highest BCUT2D eigenvalue weighted by molar-refractivity contribution is 7.91. The van der Waals surface area contributed by atoms with Crippen LogP contribution in [0.1, 0.15) is 35.4 Å². The number of benzene rings is 1. The predicted octanol–water partition coefficient (Wildman–Crippen LogP) is 2.09. The second kappa shape index (κ2) is 6.25. The molecule has 8 heteroatoms. The highest BCUT2D eigenvalue weighted by Crippen LogP contribution is 2.26. The molecule has 0 saturated carbocycles. The van der Waals surface area contributed by atoms with Crippen LogP contribution in [-0.4, -0.2) is 53.8 Å². The second-order valence-electron chi connectivity index (χ2n) is 6.24. The van der Waals surface area contributed by atoms with Gasteiger partial charge in [0.2, 0.25) is 5.91 Å². The third-order valence-corrected chi connectivity index (χ3v) is 6.34. The Morgan fingerprint density at radius 3 is 2.64 bits per heavy atom. The smallest absolute Gasteiger partial charge is 0.256 e. The van der Waals surface area contributed by atoms with E-state index in [1.165, 1.54) is 40.8 Å². The van der Waals surface area contributed by atoms with Crippen molar-refractivity contribution < 1.29 is 22.4 Å². The summed E-state index contributed by atoms with van der Waals surface area (Å²) in [6.07, 6.45) is 1.81. The van der Waals surface area contributed by atoms with E-state index in [1.54, 1.807) is 6.92 Å². The minimum absolute atomic E-state index is 0.0491. The van der Waals surface area contributed by atoms with Gasteiger partial charge in [0.05, 0.1) is 22.6 Å². The van der Waals surface area contributed by atoms with Crippen molar-refractivity contribution in [3.05, 3.63) is 35.8 Å². The van der Waals surface area contributed by atoms with Crippen molar-refractivity contribution in [3.63, 3.8) is 0 Å². The van der Waals surface area contributed by atoms with Crippen LogP contribution in [0.2, 0.25) is 0 Å². The van der Waals surface area contributed by atoms with Crippen LogP contribution in [0.3, 0.4) is 0 Å². The Hall–Kier alpha value is -2.22. The summed E-state index contributed by atoms with van der Waals surface area (Å²) in [6, 6.07) is 3.54. The van der Waals surface area contributed by atoms with Gasteiger partial charge >= 0.3 is 0 Å². The fourth-order valence-electron chi connectivity index (χ4n) is 3.37. The molecule has 6 nitrogen and oxygen atoms in total. The molecule has 25 heavy (non-hydrogen) atoms. The van der Waals surface area contributed by atoms with Gasteiger partial charge in [-0.3, -0.25) is 14.2 Å². The molecule has 2 heterocycles. The summed E-state index contributed by atoms with van der Waals surface area (Å²) in [7, 11) is -3.13. The standard InChI is InChI=1S/C17H19FN2O4S/c1-3-19(13-6-7-25(23,24)10-13)17(22)15-9-20(11(2)21)16-8-12(18)4-5-14(15)16/h4-5,8-9,13H,3,6-7,10H2,1-2H3. The Labute approximate surface area is 145 Å². The molecular formula is C17H19FN2O4S. The van der Waals surface area contributed by atoms with Crippen LogP contribution in [-0.2, 0) is 9.84 Å². The number of amides is 1. The van der Waals surface area contributed by atoms with Crippen LogP contribution in [0.5, 0.6) is 0 Å². The predicted molar refractivity (Wildman–Crippen MR) is 92.0 cm³/mol. The number of halogens is 1. The zero-order valence-corrected chi connectivity index (χ0v) is 14.8. The van der Waals surface area contributed by atoms with E-state index >= 15 is 0 Å². The zero-order valence-electron chi connectivity index (χ0n) is 14.0. The molecule has 1 fully saturated rings. The van der Waals surface area contributed by atoms with Crippen LogP contribution in [0, 0.1) is 5.82 Å². The van der Waals surface area contributed by atoms with E-state index in [2.05, 4.69) is 0 Å². The van der Waals surface area contributed by atoms with E-state index in [4.69, 9.17) is 0 Å². The summed E-state index contributed by atoms with van der Waals surface area (Å²) < 4.78 is 38.3. The number of aromatic nitrogens is 1. The Morgan fingerprint density at radius 2 is 2.08 bits per heavy atom. The van der Waals surface area contributed by atoms with Gasteiger partial charge in [-0.2, -0.15) is 0 Å². The molecule has 1 aromatic heterocycles. The average Bonchev–Trinajstić information content (AvgIpc) is 3.08. The number of hydrogen-bond donors (Lipinski definition) is 0. The summed E-state index contributed by atoms with van der Waals surface area (Å²) in [5, 5.41) is 0.473. The number of hydrogen-bond acceptors (Lipinski definition) is 4.